The molecule has 0 heterocycles. The molecule has 3 heteroatoms. The van der Waals surface area contributed by atoms with Crippen LogP contribution in [0.3, 0.4) is 0 Å². The van der Waals surface area contributed by atoms with Crippen molar-refractivity contribution in [2.24, 2.45) is 0 Å². The molecule has 0 aliphatic rings. The lowest BCUT2D eigenvalue weighted by Crippen LogP contribution is -2.32. The van der Waals surface area contributed by atoms with E-state index in [2.05, 4.69) is 60.8 Å². The van der Waals surface area contributed by atoms with Gasteiger partial charge in [0.1, 0.15) is 0 Å². The molecule has 2 unspecified atom stereocenters. The fraction of sp³-hybridized carbons (Fsp3) is 0.217. The third kappa shape index (κ3) is 5.18. The second-order valence-electron chi connectivity index (χ2n) is 6.65. The SMILES string of the molecule is CC(Cc1ccc(-c2ccccc2)cc1)NCC(O)c1cccc(Cl)c1. The third-order valence-corrected chi connectivity index (χ3v) is 4.73. The van der Waals surface area contributed by atoms with Gasteiger partial charge in [-0.2, -0.15) is 0 Å². The summed E-state index contributed by atoms with van der Waals surface area (Å²) >= 11 is 5.98. The molecule has 2 nitrogen and oxygen atoms in total. The predicted molar refractivity (Wildman–Crippen MR) is 109 cm³/mol. The molecule has 134 valence electrons. The van der Waals surface area contributed by atoms with Crippen molar-refractivity contribution in [2.45, 2.75) is 25.5 Å². The first-order chi connectivity index (χ1) is 12.6. The molecule has 0 amide bonds. The Bertz CT molecular complexity index is 817. The van der Waals surface area contributed by atoms with Crippen LogP contribution in [-0.2, 0) is 6.42 Å². The molecular weight excluding hydrogens is 342 g/mol. The van der Waals surface area contributed by atoms with E-state index in [1.165, 1.54) is 16.7 Å². The number of benzene rings is 3. The summed E-state index contributed by atoms with van der Waals surface area (Å²) in [5.41, 5.74) is 4.58. The molecular formula is C23H24ClNO. The summed E-state index contributed by atoms with van der Waals surface area (Å²) in [6.45, 7) is 2.64. The average molecular weight is 366 g/mol. The fourth-order valence-electron chi connectivity index (χ4n) is 3.03. The van der Waals surface area contributed by atoms with Crippen molar-refractivity contribution < 1.29 is 5.11 Å². The van der Waals surface area contributed by atoms with Crippen LogP contribution in [0.25, 0.3) is 11.1 Å². The first-order valence-corrected chi connectivity index (χ1v) is 9.31. The number of halogens is 1. The predicted octanol–water partition coefficient (Wildman–Crippen LogP) is 5.26. The van der Waals surface area contributed by atoms with Gasteiger partial charge in [-0.3, -0.25) is 0 Å². The van der Waals surface area contributed by atoms with Gasteiger partial charge in [0.05, 0.1) is 6.10 Å². The van der Waals surface area contributed by atoms with Gasteiger partial charge in [-0.25, -0.2) is 0 Å². The van der Waals surface area contributed by atoms with Crippen molar-refractivity contribution in [1.82, 2.24) is 5.32 Å². The van der Waals surface area contributed by atoms with E-state index >= 15 is 0 Å². The number of rotatable bonds is 7. The Morgan fingerprint density at radius 1 is 0.885 bits per heavy atom. The van der Waals surface area contributed by atoms with Crippen molar-refractivity contribution in [1.29, 1.82) is 0 Å². The topological polar surface area (TPSA) is 32.3 Å². The second kappa shape index (κ2) is 9.00. The van der Waals surface area contributed by atoms with Gasteiger partial charge in [-0.15, -0.1) is 0 Å². The normalized spacial score (nSPS) is 13.3. The molecule has 0 aliphatic heterocycles. The van der Waals surface area contributed by atoms with Gasteiger partial charge in [-0.05, 0) is 47.7 Å². The monoisotopic (exact) mass is 365 g/mol. The Morgan fingerprint density at radius 2 is 1.58 bits per heavy atom. The first kappa shape index (κ1) is 18.7. The average Bonchev–Trinajstić information content (AvgIpc) is 2.67. The molecule has 2 atom stereocenters. The zero-order valence-electron chi connectivity index (χ0n) is 14.9. The number of nitrogens with one attached hydrogen (secondary N) is 1. The van der Waals surface area contributed by atoms with E-state index in [1.54, 1.807) is 6.07 Å². The van der Waals surface area contributed by atoms with Crippen LogP contribution in [0.15, 0.2) is 78.9 Å². The largest absolute Gasteiger partial charge is 0.387 e. The molecule has 26 heavy (non-hydrogen) atoms. The molecule has 0 spiro atoms. The van der Waals surface area contributed by atoms with E-state index in [0.29, 0.717) is 11.6 Å². The number of aliphatic hydroxyl groups excluding tert-OH is 1. The summed E-state index contributed by atoms with van der Waals surface area (Å²) in [5, 5.41) is 14.3. The zero-order valence-corrected chi connectivity index (χ0v) is 15.7. The highest BCUT2D eigenvalue weighted by atomic mass is 35.5. The van der Waals surface area contributed by atoms with Crippen molar-refractivity contribution in [2.75, 3.05) is 6.54 Å². The van der Waals surface area contributed by atoms with E-state index in [-0.39, 0.29) is 6.04 Å². The van der Waals surface area contributed by atoms with Gasteiger partial charge in [0.2, 0.25) is 0 Å². The Labute approximate surface area is 160 Å². The van der Waals surface area contributed by atoms with E-state index in [1.807, 2.05) is 24.3 Å². The summed E-state index contributed by atoms with van der Waals surface area (Å²) in [4.78, 5) is 0. The molecule has 3 rings (SSSR count). The van der Waals surface area contributed by atoms with Crippen LogP contribution in [0.2, 0.25) is 5.02 Å². The Morgan fingerprint density at radius 3 is 2.27 bits per heavy atom. The maximum absolute atomic E-state index is 10.3. The van der Waals surface area contributed by atoms with E-state index in [0.717, 1.165) is 12.0 Å². The third-order valence-electron chi connectivity index (χ3n) is 4.50. The van der Waals surface area contributed by atoms with Gasteiger partial charge >= 0.3 is 0 Å². The van der Waals surface area contributed by atoms with Crippen molar-refractivity contribution in [3.8, 4) is 11.1 Å². The zero-order chi connectivity index (χ0) is 18.4. The van der Waals surface area contributed by atoms with Gasteiger partial charge in [-0.1, -0.05) is 78.3 Å². The van der Waals surface area contributed by atoms with E-state index in [9.17, 15) is 5.11 Å². The number of aliphatic hydroxyl groups is 1. The Kier molecular flexibility index (Phi) is 6.45. The molecule has 0 saturated carbocycles. The summed E-state index contributed by atoms with van der Waals surface area (Å²) < 4.78 is 0. The van der Waals surface area contributed by atoms with Gasteiger partial charge < -0.3 is 10.4 Å². The van der Waals surface area contributed by atoms with Crippen LogP contribution in [0.4, 0.5) is 0 Å². The highest BCUT2D eigenvalue weighted by molar-refractivity contribution is 6.30. The van der Waals surface area contributed by atoms with Crippen LogP contribution < -0.4 is 5.32 Å². The highest BCUT2D eigenvalue weighted by Crippen LogP contribution is 2.20. The van der Waals surface area contributed by atoms with Crippen molar-refractivity contribution in [3.05, 3.63) is 95.0 Å². The van der Waals surface area contributed by atoms with Crippen LogP contribution in [-0.4, -0.2) is 17.7 Å². The Hall–Kier alpha value is -2.13. The molecule has 2 N–H and O–H groups in total. The lowest BCUT2D eigenvalue weighted by molar-refractivity contribution is 0.170. The van der Waals surface area contributed by atoms with Gasteiger partial charge in [0.25, 0.3) is 0 Å². The Balaban J connectivity index is 1.52. The highest BCUT2D eigenvalue weighted by Gasteiger charge is 2.10. The molecule has 0 bridgehead atoms. The smallest absolute Gasteiger partial charge is 0.0914 e. The first-order valence-electron chi connectivity index (χ1n) is 8.93. The minimum atomic E-state index is -0.559. The molecule has 3 aromatic carbocycles. The van der Waals surface area contributed by atoms with Crippen LogP contribution in [0, 0.1) is 0 Å². The van der Waals surface area contributed by atoms with Crippen LogP contribution in [0.5, 0.6) is 0 Å². The van der Waals surface area contributed by atoms with Gasteiger partial charge in [0.15, 0.2) is 0 Å². The van der Waals surface area contributed by atoms with E-state index < -0.39 is 6.10 Å². The number of hydrogen-bond donors (Lipinski definition) is 2. The minimum absolute atomic E-state index is 0.270. The fourth-order valence-corrected chi connectivity index (χ4v) is 3.23. The standard InChI is InChI=1S/C23H24ClNO/c1-17(25-16-23(26)21-8-5-9-22(24)15-21)14-18-10-12-20(13-11-18)19-6-3-2-4-7-19/h2-13,15,17,23,25-26H,14,16H2,1H3. The van der Waals surface area contributed by atoms with Crippen molar-refractivity contribution >= 4 is 11.6 Å². The summed E-state index contributed by atoms with van der Waals surface area (Å²) in [6, 6.07) is 26.7. The van der Waals surface area contributed by atoms with E-state index in [4.69, 9.17) is 11.6 Å². The maximum atomic E-state index is 10.3. The molecule has 0 saturated heterocycles. The summed E-state index contributed by atoms with van der Waals surface area (Å²) in [7, 11) is 0. The summed E-state index contributed by atoms with van der Waals surface area (Å²) in [5.74, 6) is 0. The molecule has 0 fully saturated rings. The quantitative estimate of drug-likeness (QED) is 0.598. The van der Waals surface area contributed by atoms with Crippen molar-refractivity contribution in [3.63, 3.8) is 0 Å². The lowest BCUT2D eigenvalue weighted by atomic mass is 10.0. The van der Waals surface area contributed by atoms with Crippen LogP contribution >= 0.6 is 11.6 Å². The lowest BCUT2D eigenvalue weighted by Gasteiger charge is -2.18. The molecule has 0 radical (unpaired) electrons. The minimum Gasteiger partial charge on any atom is -0.387 e. The second-order valence-corrected chi connectivity index (χ2v) is 7.08. The van der Waals surface area contributed by atoms with Crippen LogP contribution in [0.1, 0.15) is 24.2 Å². The number of hydrogen-bond acceptors (Lipinski definition) is 2. The van der Waals surface area contributed by atoms with Gasteiger partial charge in [0, 0.05) is 17.6 Å². The summed E-state index contributed by atoms with van der Waals surface area (Å²) in [6.07, 6.45) is 0.355. The molecule has 0 aromatic heterocycles. The maximum Gasteiger partial charge on any atom is 0.0914 e. The molecule has 3 aromatic rings. The molecule has 0 aliphatic carbocycles.